The molecule has 2 aliphatic carbocycles. The highest BCUT2D eigenvalue weighted by Crippen LogP contribution is 2.45. The Hall–Kier alpha value is -3.76. The smallest absolute Gasteiger partial charge is 0.403 e. The Bertz CT molecular complexity index is 1410. The van der Waals surface area contributed by atoms with Crippen LogP contribution in [0, 0.1) is 18.8 Å². The summed E-state index contributed by atoms with van der Waals surface area (Å²) in [5, 5.41) is 25.9. The summed E-state index contributed by atoms with van der Waals surface area (Å²) in [6, 6.07) is -0.803. The van der Waals surface area contributed by atoms with Crippen LogP contribution in [0.5, 0.6) is 0 Å². The van der Waals surface area contributed by atoms with Crippen LogP contribution in [0.25, 0.3) is 5.78 Å². The first-order valence-electron chi connectivity index (χ1n) is 12.5. The lowest BCUT2D eigenvalue weighted by atomic mass is 9.81. The third-order valence-electron chi connectivity index (χ3n) is 7.50. The number of aromatic nitrogens is 6. The van der Waals surface area contributed by atoms with E-state index in [9.17, 15) is 31.5 Å². The van der Waals surface area contributed by atoms with Gasteiger partial charge in [0, 0.05) is 19.4 Å². The molecule has 3 N–H and O–H groups in total. The van der Waals surface area contributed by atoms with Gasteiger partial charge in [0.05, 0.1) is 35.4 Å². The van der Waals surface area contributed by atoms with Crippen molar-refractivity contribution in [3.8, 4) is 0 Å². The van der Waals surface area contributed by atoms with Crippen LogP contribution in [0.4, 0.5) is 22.0 Å². The average molecular weight is 572 g/mol. The van der Waals surface area contributed by atoms with Crippen LogP contribution in [-0.2, 0) is 10.3 Å². The zero-order valence-corrected chi connectivity index (χ0v) is 21.1. The molecular weight excluding hydrogens is 547 g/mol. The number of fused-ring (bicyclic) bond motifs is 1. The van der Waals surface area contributed by atoms with Crippen LogP contribution < -0.4 is 10.6 Å². The third kappa shape index (κ3) is 5.59. The van der Waals surface area contributed by atoms with E-state index in [0.29, 0.717) is 18.5 Å². The second-order valence-corrected chi connectivity index (χ2v) is 10.3. The number of hydrogen-bond donors (Lipinski definition) is 3. The molecule has 0 spiro atoms. The second kappa shape index (κ2) is 10.0. The molecule has 0 bridgehead atoms. The molecule has 0 aromatic carbocycles. The predicted molar refractivity (Wildman–Crippen MR) is 123 cm³/mol. The SMILES string of the molecule is Cc1nonc1C(=O)N[C@H](c1cn2ncc(C3(NCC(C(=O)O)C(F)(F)F)CC3)nc2n1)C1CCC(F)(F)CC1. The minimum Gasteiger partial charge on any atom is -0.481 e. The standard InChI is InChI=1S/C23H25F5N8O4/c1-11-16(35-40-34-11)18(37)33-17(12-2-4-22(24,25)5-3-12)14-10-36-20(31-14)32-15(9-30-36)21(6-7-21)29-8-13(19(38)39)23(26,27)28/h9-10,12-13,17,29H,2-8H2,1H3,(H,33,37)(H,38,39)/t13?,17-/m0/s1. The summed E-state index contributed by atoms with van der Waals surface area (Å²) in [6.45, 7) is 0.680. The molecule has 12 nitrogen and oxygen atoms in total. The number of halogens is 5. The summed E-state index contributed by atoms with van der Waals surface area (Å²) in [4.78, 5) is 32.9. The van der Waals surface area contributed by atoms with Gasteiger partial charge in [-0.25, -0.2) is 27.9 Å². The maximum atomic E-state index is 13.9. The Kier molecular flexibility index (Phi) is 6.96. The Morgan fingerprint density at radius 1 is 1.18 bits per heavy atom. The van der Waals surface area contributed by atoms with E-state index in [4.69, 9.17) is 5.11 Å². The first-order valence-corrected chi connectivity index (χ1v) is 12.5. The molecule has 0 saturated heterocycles. The fraction of sp³-hybridized carbons (Fsp3) is 0.609. The molecule has 5 rings (SSSR count). The van der Waals surface area contributed by atoms with Gasteiger partial charge in [-0.05, 0) is 43.7 Å². The number of carbonyl (C=O) groups is 2. The number of aliphatic carboxylic acids is 1. The molecule has 2 saturated carbocycles. The van der Waals surface area contributed by atoms with E-state index in [1.165, 1.54) is 23.8 Å². The van der Waals surface area contributed by atoms with Crippen molar-refractivity contribution in [1.29, 1.82) is 0 Å². The van der Waals surface area contributed by atoms with Gasteiger partial charge in [-0.1, -0.05) is 5.16 Å². The number of alkyl halides is 5. The van der Waals surface area contributed by atoms with Crippen LogP contribution in [0.1, 0.15) is 72.1 Å². The number of aryl methyl sites for hydroxylation is 1. The Morgan fingerprint density at radius 3 is 2.45 bits per heavy atom. The van der Waals surface area contributed by atoms with Gasteiger partial charge in [0.25, 0.3) is 11.7 Å². The van der Waals surface area contributed by atoms with Crippen molar-refractivity contribution in [2.24, 2.45) is 11.8 Å². The van der Waals surface area contributed by atoms with Crippen molar-refractivity contribution in [2.45, 2.75) is 69.1 Å². The van der Waals surface area contributed by atoms with Gasteiger partial charge in [0.1, 0.15) is 5.69 Å². The molecule has 17 heteroatoms. The number of rotatable bonds is 9. The number of hydrogen-bond acceptors (Lipinski definition) is 9. The molecule has 3 aromatic heterocycles. The fourth-order valence-corrected chi connectivity index (χ4v) is 4.94. The molecule has 0 radical (unpaired) electrons. The summed E-state index contributed by atoms with van der Waals surface area (Å²) < 4.78 is 73.0. The van der Waals surface area contributed by atoms with Gasteiger partial charge in [-0.15, -0.1) is 0 Å². The lowest BCUT2D eigenvalue weighted by Gasteiger charge is -2.33. The van der Waals surface area contributed by atoms with Gasteiger partial charge in [0.2, 0.25) is 5.92 Å². The number of amides is 1. The highest BCUT2D eigenvalue weighted by atomic mass is 19.4. The topological polar surface area (TPSA) is 160 Å². The number of nitrogens with zero attached hydrogens (tertiary/aromatic N) is 6. The molecule has 216 valence electrons. The lowest BCUT2D eigenvalue weighted by molar-refractivity contribution is -0.192. The maximum absolute atomic E-state index is 13.9. The summed E-state index contributed by atoms with van der Waals surface area (Å²) in [6.07, 6.45) is -1.74. The van der Waals surface area contributed by atoms with Crippen LogP contribution >= 0.6 is 0 Å². The van der Waals surface area contributed by atoms with E-state index in [0.717, 1.165) is 0 Å². The fourth-order valence-electron chi connectivity index (χ4n) is 4.94. The van der Waals surface area contributed by atoms with Crippen molar-refractivity contribution >= 4 is 17.7 Å². The molecule has 1 amide bonds. The predicted octanol–water partition coefficient (Wildman–Crippen LogP) is 2.95. The second-order valence-electron chi connectivity index (χ2n) is 10.3. The van der Waals surface area contributed by atoms with Crippen molar-refractivity contribution in [1.82, 2.24) is 40.5 Å². The van der Waals surface area contributed by atoms with Crippen molar-refractivity contribution in [2.75, 3.05) is 6.54 Å². The summed E-state index contributed by atoms with van der Waals surface area (Å²) in [7, 11) is 0. The molecule has 1 unspecified atom stereocenters. The van der Waals surface area contributed by atoms with Gasteiger partial charge in [-0.3, -0.25) is 9.59 Å². The van der Waals surface area contributed by atoms with Crippen LogP contribution in [0.2, 0.25) is 0 Å². The van der Waals surface area contributed by atoms with Gasteiger partial charge in [0.15, 0.2) is 11.6 Å². The highest BCUT2D eigenvalue weighted by molar-refractivity contribution is 5.93. The monoisotopic (exact) mass is 572 g/mol. The number of carboxylic acid groups (broad SMARTS) is 1. The number of carbonyl (C=O) groups excluding carboxylic acids is 1. The zero-order valence-electron chi connectivity index (χ0n) is 21.1. The minimum atomic E-state index is -4.92. The van der Waals surface area contributed by atoms with Crippen molar-refractivity contribution < 1.29 is 41.3 Å². The summed E-state index contributed by atoms with van der Waals surface area (Å²) >= 11 is 0. The minimum absolute atomic E-state index is 0.0614. The normalized spacial score (nSPS) is 20.2. The molecule has 3 aromatic rings. The number of imidazole rings is 1. The Balaban J connectivity index is 1.40. The molecular formula is C23H25F5N8O4. The van der Waals surface area contributed by atoms with E-state index in [1.54, 1.807) is 0 Å². The van der Waals surface area contributed by atoms with Gasteiger partial charge >= 0.3 is 12.1 Å². The van der Waals surface area contributed by atoms with E-state index < -0.39 is 48.0 Å². The average Bonchev–Trinajstić information content (AvgIpc) is 3.33. The van der Waals surface area contributed by atoms with E-state index in [1.807, 2.05) is 0 Å². The van der Waals surface area contributed by atoms with Gasteiger partial charge < -0.3 is 15.7 Å². The molecule has 3 heterocycles. The lowest BCUT2D eigenvalue weighted by Crippen LogP contribution is -2.43. The van der Waals surface area contributed by atoms with Crippen LogP contribution in [0.3, 0.4) is 0 Å². The third-order valence-corrected chi connectivity index (χ3v) is 7.50. The van der Waals surface area contributed by atoms with Crippen LogP contribution in [0.15, 0.2) is 17.0 Å². The van der Waals surface area contributed by atoms with E-state index in [-0.39, 0.29) is 54.5 Å². The number of nitrogens with one attached hydrogen (secondary N) is 2. The van der Waals surface area contributed by atoms with Crippen molar-refractivity contribution in [3.05, 3.63) is 35.2 Å². The van der Waals surface area contributed by atoms with Crippen LogP contribution in [-0.4, -0.2) is 65.5 Å². The molecule has 2 fully saturated rings. The van der Waals surface area contributed by atoms with E-state index in [2.05, 4.69) is 40.6 Å². The molecule has 2 atom stereocenters. The Morgan fingerprint density at radius 2 is 1.88 bits per heavy atom. The highest BCUT2D eigenvalue weighted by Gasteiger charge is 2.51. The first kappa shape index (κ1) is 27.8. The largest absolute Gasteiger partial charge is 0.481 e. The number of carboxylic acids is 1. The van der Waals surface area contributed by atoms with Gasteiger partial charge in [-0.2, -0.15) is 18.3 Å². The zero-order chi connectivity index (χ0) is 28.9. The van der Waals surface area contributed by atoms with Crippen molar-refractivity contribution in [3.63, 3.8) is 0 Å². The first-order chi connectivity index (χ1) is 18.8. The quantitative estimate of drug-likeness (QED) is 0.325. The maximum Gasteiger partial charge on any atom is 0.403 e. The summed E-state index contributed by atoms with van der Waals surface area (Å²) in [5.41, 5.74) is -0.220. The molecule has 40 heavy (non-hydrogen) atoms. The summed E-state index contributed by atoms with van der Waals surface area (Å²) in [5.74, 6) is -8.31. The van der Waals surface area contributed by atoms with E-state index >= 15 is 0 Å². The molecule has 0 aliphatic heterocycles. The Labute approximate surface area is 222 Å². The molecule has 2 aliphatic rings.